The Hall–Kier alpha value is -1.94. The Morgan fingerprint density at radius 2 is 0.529 bits per heavy atom. The summed E-state index contributed by atoms with van der Waals surface area (Å²) >= 11 is 0. The minimum absolute atomic E-state index is 0.104. The average Bonchev–Trinajstić information content (AvgIpc) is 3.69. The number of hydrogen-bond acceptors (Lipinski definition) is 15. The number of ether oxygens (including phenoxy) is 4. The molecule has 516 valence electrons. The van der Waals surface area contributed by atoms with Crippen LogP contribution in [0.2, 0.25) is 0 Å². The zero-order valence-electron chi connectivity index (χ0n) is 56.3. The van der Waals surface area contributed by atoms with E-state index in [0.29, 0.717) is 25.7 Å². The van der Waals surface area contributed by atoms with E-state index in [9.17, 15) is 43.2 Å². The molecule has 0 radical (unpaired) electrons. The summed E-state index contributed by atoms with van der Waals surface area (Å²) in [4.78, 5) is 72.2. The lowest BCUT2D eigenvalue weighted by Gasteiger charge is -2.21. The largest absolute Gasteiger partial charge is 0.472 e. The molecule has 3 N–H and O–H groups in total. The summed E-state index contributed by atoms with van der Waals surface area (Å²) in [6.07, 6.45) is 44.8. The summed E-state index contributed by atoms with van der Waals surface area (Å²) < 4.78 is 68.0. The second kappa shape index (κ2) is 60.3. The number of esters is 4. The van der Waals surface area contributed by atoms with Crippen LogP contribution in [0.25, 0.3) is 0 Å². The minimum atomic E-state index is -4.95. The van der Waals surface area contributed by atoms with Crippen LogP contribution in [0.15, 0.2) is 0 Å². The Kier molecular flexibility index (Phi) is 59.0. The lowest BCUT2D eigenvalue weighted by Crippen LogP contribution is -2.30. The summed E-state index contributed by atoms with van der Waals surface area (Å²) in [7, 11) is -9.89. The molecular formula is C68H132O17P2. The zero-order valence-corrected chi connectivity index (χ0v) is 58.1. The number of hydrogen-bond donors (Lipinski definition) is 3. The Bertz CT molecular complexity index is 1700. The van der Waals surface area contributed by atoms with Gasteiger partial charge in [-0.3, -0.25) is 37.3 Å². The molecule has 0 spiro atoms. The summed E-state index contributed by atoms with van der Waals surface area (Å²) in [5, 5.41) is 10.5. The average molecular weight is 1280 g/mol. The summed E-state index contributed by atoms with van der Waals surface area (Å²) in [6.45, 7) is 9.43. The number of carbonyl (C=O) groups excluding carboxylic acids is 4. The zero-order chi connectivity index (χ0) is 64.3. The van der Waals surface area contributed by atoms with Gasteiger partial charge in [0.1, 0.15) is 19.3 Å². The number of unbranched alkanes of at least 4 members (excludes halogenated alkanes) is 37. The molecule has 0 aliphatic carbocycles. The predicted octanol–water partition coefficient (Wildman–Crippen LogP) is 19.2. The van der Waals surface area contributed by atoms with Crippen LogP contribution in [0.5, 0.6) is 0 Å². The molecule has 0 saturated heterocycles. The maximum atomic E-state index is 13.0. The van der Waals surface area contributed by atoms with Gasteiger partial charge in [0.15, 0.2) is 12.2 Å². The molecule has 0 bridgehead atoms. The number of phosphoric acid groups is 2. The van der Waals surface area contributed by atoms with Crippen molar-refractivity contribution in [3.63, 3.8) is 0 Å². The van der Waals surface area contributed by atoms with Gasteiger partial charge in [-0.1, -0.05) is 292 Å². The highest BCUT2D eigenvalue weighted by Gasteiger charge is 2.30. The third-order valence-electron chi connectivity index (χ3n) is 15.7. The fourth-order valence-electron chi connectivity index (χ4n) is 10.2. The first-order valence-corrected chi connectivity index (χ1v) is 38.5. The van der Waals surface area contributed by atoms with Crippen molar-refractivity contribution < 1.29 is 80.2 Å². The van der Waals surface area contributed by atoms with E-state index >= 15 is 0 Å². The van der Waals surface area contributed by atoms with E-state index in [2.05, 4.69) is 41.5 Å². The monoisotopic (exact) mass is 1280 g/mol. The van der Waals surface area contributed by atoms with Crippen LogP contribution in [0.1, 0.15) is 343 Å². The van der Waals surface area contributed by atoms with Crippen molar-refractivity contribution in [3.05, 3.63) is 0 Å². The second-order valence-corrected chi connectivity index (χ2v) is 28.4. The lowest BCUT2D eigenvalue weighted by atomic mass is 10.0. The van der Waals surface area contributed by atoms with Gasteiger partial charge in [-0.05, 0) is 37.5 Å². The van der Waals surface area contributed by atoms with Crippen molar-refractivity contribution >= 4 is 39.5 Å². The highest BCUT2D eigenvalue weighted by molar-refractivity contribution is 7.47. The summed E-state index contributed by atoms with van der Waals surface area (Å²) in [5.41, 5.74) is 0. The van der Waals surface area contributed by atoms with Gasteiger partial charge >= 0.3 is 39.5 Å². The molecule has 19 heteroatoms. The number of phosphoric ester groups is 2. The molecule has 0 heterocycles. The normalized spacial score (nSPS) is 14.2. The fraction of sp³-hybridized carbons (Fsp3) is 0.941. The Morgan fingerprint density at radius 3 is 0.782 bits per heavy atom. The van der Waals surface area contributed by atoms with Crippen molar-refractivity contribution in [1.29, 1.82) is 0 Å². The van der Waals surface area contributed by atoms with E-state index in [4.69, 9.17) is 37.0 Å². The SMILES string of the molecule is CCCCCCCCCCCCCCCC(=O)OC[C@H](COP(=O)(O)OC[C@@H](O)COP(=O)(O)OC[C@@H](COC(=O)CCCCCCC)OC(=O)CCCCCCCCCCC(C)C)OC(=O)CCCCCCCCCCCCCCCCCC(C)C. The first-order chi connectivity index (χ1) is 41.9. The molecule has 0 amide bonds. The van der Waals surface area contributed by atoms with Crippen LogP contribution in [-0.4, -0.2) is 96.7 Å². The third-order valence-corrected chi connectivity index (χ3v) is 17.6. The van der Waals surface area contributed by atoms with Crippen molar-refractivity contribution in [2.45, 2.75) is 362 Å². The maximum Gasteiger partial charge on any atom is 0.472 e. The maximum absolute atomic E-state index is 13.0. The van der Waals surface area contributed by atoms with E-state index in [1.807, 2.05) is 0 Å². The van der Waals surface area contributed by atoms with E-state index in [1.165, 1.54) is 154 Å². The standard InChI is InChI=1S/C68H132O17P2/c1-7-9-11-13-14-15-16-20-24-27-33-39-45-51-66(71)79-57-64(85-67(72)52-46-40-34-28-25-22-19-17-18-21-23-26-31-37-42-48-60(3)4)59-83-87(76,77)81-55-62(69)54-80-86(74,75)82-58-63(56-78-65(70)50-44-36-12-10-8-2)84-68(73)53-47-41-35-30-29-32-38-43-49-61(5)6/h60-64,69H,7-59H2,1-6H3,(H,74,75)(H,76,77)/t62-,63+,64+/m0/s1. The van der Waals surface area contributed by atoms with Gasteiger partial charge in [0.25, 0.3) is 0 Å². The molecular weight excluding hydrogens is 1150 g/mol. The highest BCUT2D eigenvalue weighted by Crippen LogP contribution is 2.45. The van der Waals surface area contributed by atoms with Crippen molar-refractivity contribution in [2.24, 2.45) is 11.8 Å². The fourth-order valence-corrected chi connectivity index (χ4v) is 11.8. The van der Waals surface area contributed by atoms with Crippen LogP contribution in [0.3, 0.4) is 0 Å². The lowest BCUT2D eigenvalue weighted by molar-refractivity contribution is -0.161. The molecule has 0 rings (SSSR count). The van der Waals surface area contributed by atoms with Gasteiger partial charge in [0.2, 0.25) is 0 Å². The van der Waals surface area contributed by atoms with Crippen LogP contribution in [0, 0.1) is 11.8 Å². The highest BCUT2D eigenvalue weighted by atomic mass is 31.2. The van der Waals surface area contributed by atoms with Gasteiger partial charge in [-0.15, -0.1) is 0 Å². The van der Waals surface area contributed by atoms with Gasteiger partial charge in [-0.25, -0.2) is 9.13 Å². The topological polar surface area (TPSA) is 237 Å². The van der Waals surface area contributed by atoms with Gasteiger partial charge in [0, 0.05) is 25.7 Å². The Morgan fingerprint density at radius 1 is 0.310 bits per heavy atom. The molecule has 0 aliphatic rings. The number of aliphatic hydroxyl groups is 1. The van der Waals surface area contributed by atoms with E-state index < -0.39 is 97.5 Å². The summed E-state index contributed by atoms with van der Waals surface area (Å²) in [6, 6.07) is 0. The quantitative estimate of drug-likeness (QED) is 0.0222. The molecule has 0 aliphatic heterocycles. The molecule has 0 aromatic heterocycles. The van der Waals surface area contributed by atoms with Crippen LogP contribution in [0.4, 0.5) is 0 Å². The molecule has 17 nitrogen and oxygen atoms in total. The third kappa shape index (κ3) is 62.6. The Balaban J connectivity index is 5.15. The van der Waals surface area contributed by atoms with E-state index in [0.717, 1.165) is 108 Å². The first kappa shape index (κ1) is 85.1. The molecule has 0 aromatic carbocycles. The molecule has 87 heavy (non-hydrogen) atoms. The predicted molar refractivity (Wildman–Crippen MR) is 349 cm³/mol. The Labute approximate surface area is 530 Å². The van der Waals surface area contributed by atoms with E-state index in [1.54, 1.807) is 0 Å². The molecule has 5 atom stereocenters. The number of aliphatic hydroxyl groups excluding tert-OH is 1. The minimum Gasteiger partial charge on any atom is -0.462 e. The second-order valence-electron chi connectivity index (χ2n) is 25.5. The first-order valence-electron chi connectivity index (χ1n) is 35.5. The van der Waals surface area contributed by atoms with Crippen LogP contribution in [-0.2, 0) is 65.4 Å². The van der Waals surface area contributed by atoms with Gasteiger partial charge < -0.3 is 33.8 Å². The van der Waals surface area contributed by atoms with Crippen molar-refractivity contribution in [1.82, 2.24) is 0 Å². The number of carbonyl (C=O) groups is 4. The molecule has 0 aromatic rings. The van der Waals surface area contributed by atoms with Crippen molar-refractivity contribution in [3.8, 4) is 0 Å². The smallest absolute Gasteiger partial charge is 0.462 e. The van der Waals surface area contributed by atoms with Crippen LogP contribution < -0.4 is 0 Å². The molecule has 2 unspecified atom stereocenters. The van der Waals surface area contributed by atoms with Crippen molar-refractivity contribution in [2.75, 3.05) is 39.6 Å². The molecule has 0 fully saturated rings. The molecule has 0 saturated carbocycles. The summed E-state index contributed by atoms with van der Waals surface area (Å²) in [5.74, 6) is -0.617. The van der Waals surface area contributed by atoms with Crippen LogP contribution >= 0.6 is 15.6 Å². The van der Waals surface area contributed by atoms with Gasteiger partial charge in [0.05, 0.1) is 26.4 Å². The van der Waals surface area contributed by atoms with Gasteiger partial charge in [-0.2, -0.15) is 0 Å². The number of rotatable bonds is 67. The van der Waals surface area contributed by atoms with E-state index in [-0.39, 0.29) is 25.7 Å².